The Labute approximate surface area is 167 Å². The summed E-state index contributed by atoms with van der Waals surface area (Å²) < 4.78 is 54.0. The molecule has 0 aromatic heterocycles. The Hall–Kier alpha value is -1.74. The average Bonchev–Trinajstić information content (AvgIpc) is 3.23. The third-order valence-corrected chi connectivity index (χ3v) is 9.16. The predicted molar refractivity (Wildman–Crippen MR) is 109 cm³/mol. The topological polar surface area (TPSA) is 74.8 Å². The Morgan fingerprint density at radius 3 is 1.89 bits per heavy atom. The van der Waals surface area contributed by atoms with Crippen molar-refractivity contribution in [1.29, 1.82) is 0 Å². The van der Waals surface area contributed by atoms with Gasteiger partial charge in [0.25, 0.3) is 0 Å². The van der Waals surface area contributed by atoms with Crippen molar-refractivity contribution < 1.29 is 16.8 Å². The molecule has 1 fully saturated rings. The number of aryl methyl sites for hydroxylation is 1. The molecule has 28 heavy (non-hydrogen) atoms. The Morgan fingerprint density at radius 2 is 1.36 bits per heavy atom. The Balaban J connectivity index is 1.84. The minimum Gasteiger partial charge on any atom is -0.207 e. The van der Waals surface area contributed by atoms with Gasteiger partial charge in [-0.3, -0.25) is 0 Å². The Kier molecular flexibility index (Phi) is 5.95. The molecule has 0 aliphatic carbocycles. The van der Waals surface area contributed by atoms with Crippen LogP contribution in [-0.2, 0) is 20.0 Å². The highest BCUT2D eigenvalue weighted by molar-refractivity contribution is 7.89. The lowest BCUT2D eigenvalue weighted by Crippen LogP contribution is -2.30. The molecule has 1 aliphatic heterocycles. The summed E-state index contributed by atoms with van der Waals surface area (Å²) in [6, 6.07) is 12.9. The summed E-state index contributed by atoms with van der Waals surface area (Å²) in [5.41, 5.74) is 2.00. The van der Waals surface area contributed by atoms with Crippen molar-refractivity contribution in [1.82, 2.24) is 8.61 Å². The van der Waals surface area contributed by atoms with Crippen molar-refractivity contribution in [2.75, 3.05) is 20.1 Å². The lowest BCUT2D eigenvalue weighted by molar-refractivity contribution is 0.398. The molecule has 0 saturated carbocycles. The van der Waals surface area contributed by atoms with E-state index in [1.807, 2.05) is 38.1 Å². The summed E-state index contributed by atoms with van der Waals surface area (Å²) in [6.45, 7) is 4.83. The fourth-order valence-corrected chi connectivity index (χ4v) is 6.16. The molecule has 1 atom stereocenters. The molecule has 152 valence electrons. The molecule has 1 aliphatic rings. The molecular formula is C20H26N2O4S2. The van der Waals surface area contributed by atoms with Gasteiger partial charge in [0.15, 0.2) is 0 Å². The minimum absolute atomic E-state index is 0.0781. The molecule has 6 nitrogen and oxygen atoms in total. The highest BCUT2D eigenvalue weighted by Gasteiger charge is 2.29. The van der Waals surface area contributed by atoms with Crippen molar-refractivity contribution in [3.8, 4) is 0 Å². The van der Waals surface area contributed by atoms with Crippen LogP contribution in [0.1, 0.15) is 36.9 Å². The normalized spacial score (nSPS) is 17.1. The highest BCUT2D eigenvalue weighted by atomic mass is 32.2. The van der Waals surface area contributed by atoms with Gasteiger partial charge in [-0.2, -0.15) is 8.61 Å². The van der Waals surface area contributed by atoms with E-state index in [1.165, 1.54) is 39.9 Å². The van der Waals surface area contributed by atoms with Crippen LogP contribution in [0.25, 0.3) is 0 Å². The van der Waals surface area contributed by atoms with E-state index in [9.17, 15) is 16.8 Å². The molecule has 8 heteroatoms. The summed E-state index contributed by atoms with van der Waals surface area (Å²) >= 11 is 0. The van der Waals surface area contributed by atoms with Gasteiger partial charge in [0, 0.05) is 26.2 Å². The largest absolute Gasteiger partial charge is 0.243 e. The molecule has 2 aromatic carbocycles. The van der Waals surface area contributed by atoms with Gasteiger partial charge in [-0.05, 0) is 56.5 Å². The van der Waals surface area contributed by atoms with Crippen LogP contribution in [0.5, 0.6) is 0 Å². The summed E-state index contributed by atoms with van der Waals surface area (Å²) in [6.07, 6.45) is 1.71. The summed E-state index contributed by atoms with van der Waals surface area (Å²) in [5.74, 6) is 0. The number of sulfonamides is 2. The van der Waals surface area contributed by atoms with Crippen LogP contribution in [0.4, 0.5) is 0 Å². The van der Waals surface area contributed by atoms with Crippen LogP contribution in [0.3, 0.4) is 0 Å². The van der Waals surface area contributed by atoms with E-state index in [4.69, 9.17) is 0 Å². The summed E-state index contributed by atoms with van der Waals surface area (Å²) in [7, 11) is -5.78. The molecule has 3 rings (SSSR count). The highest BCUT2D eigenvalue weighted by Crippen LogP contribution is 2.27. The summed E-state index contributed by atoms with van der Waals surface area (Å²) in [5, 5.41) is 0. The first kappa shape index (κ1) is 21.0. The molecule has 0 amide bonds. The van der Waals surface area contributed by atoms with Gasteiger partial charge < -0.3 is 0 Å². The third kappa shape index (κ3) is 4.00. The first-order valence-corrected chi connectivity index (χ1v) is 12.2. The molecule has 0 spiro atoms. The zero-order chi connectivity index (χ0) is 20.5. The van der Waals surface area contributed by atoms with Gasteiger partial charge in [0.2, 0.25) is 20.0 Å². The fourth-order valence-electron chi connectivity index (χ4n) is 3.29. The van der Waals surface area contributed by atoms with E-state index in [2.05, 4.69) is 0 Å². The molecule has 2 aromatic rings. The minimum atomic E-state index is -3.75. The second-order valence-electron chi connectivity index (χ2n) is 7.19. The van der Waals surface area contributed by atoms with E-state index >= 15 is 0 Å². The zero-order valence-electron chi connectivity index (χ0n) is 16.4. The van der Waals surface area contributed by atoms with Crippen molar-refractivity contribution in [2.24, 2.45) is 0 Å². The third-order valence-electron chi connectivity index (χ3n) is 5.31. The van der Waals surface area contributed by atoms with Gasteiger partial charge in [0.1, 0.15) is 0 Å². The van der Waals surface area contributed by atoms with E-state index in [0.717, 1.165) is 24.0 Å². The molecule has 0 N–H and O–H groups in total. The van der Waals surface area contributed by atoms with Gasteiger partial charge in [-0.1, -0.05) is 29.8 Å². The zero-order valence-corrected chi connectivity index (χ0v) is 18.0. The fraction of sp³-hybridized carbons (Fsp3) is 0.400. The quantitative estimate of drug-likeness (QED) is 0.717. The van der Waals surface area contributed by atoms with Crippen LogP contribution < -0.4 is 0 Å². The monoisotopic (exact) mass is 422 g/mol. The maximum Gasteiger partial charge on any atom is 0.243 e. The lowest BCUT2D eigenvalue weighted by Gasteiger charge is -2.25. The van der Waals surface area contributed by atoms with Crippen LogP contribution >= 0.6 is 0 Å². The molecule has 1 unspecified atom stereocenters. The molecule has 0 bridgehead atoms. The smallest absolute Gasteiger partial charge is 0.207 e. The number of rotatable bonds is 6. The maximum atomic E-state index is 13.0. The van der Waals surface area contributed by atoms with Gasteiger partial charge in [-0.25, -0.2) is 16.8 Å². The van der Waals surface area contributed by atoms with E-state index in [1.54, 1.807) is 0 Å². The predicted octanol–water partition coefficient (Wildman–Crippen LogP) is 3.16. The van der Waals surface area contributed by atoms with Gasteiger partial charge in [-0.15, -0.1) is 0 Å². The Bertz CT molecular complexity index is 1020. The van der Waals surface area contributed by atoms with Crippen LogP contribution in [-0.4, -0.2) is 45.6 Å². The van der Waals surface area contributed by atoms with Gasteiger partial charge in [0.05, 0.1) is 9.79 Å². The standard InChI is InChI=1S/C20H26N2O4S2/c1-16-6-8-18(9-7-16)17(2)21(3)27(23,24)19-10-12-20(13-11-19)28(25,26)22-14-4-5-15-22/h6-13,17H,4-5,14-15H2,1-3H3. The summed E-state index contributed by atoms with van der Waals surface area (Å²) in [4.78, 5) is 0.205. The number of hydrogen-bond acceptors (Lipinski definition) is 4. The molecular weight excluding hydrogens is 396 g/mol. The second-order valence-corrected chi connectivity index (χ2v) is 11.1. The second kappa shape index (κ2) is 7.94. The van der Waals surface area contributed by atoms with E-state index in [0.29, 0.717) is 13.1 Å². The lowest BCUT2D eigenvalue weighted by atomic mass is 10.1. The maximum absolute atomic E-state index is 13.0. The number of nitrogens with zero attached hydrogens (tertiary/aromatic N) is 2. The van der Waals surface area contributed by atoms with Crippen molar-refractivity contribution >= 4 is 20.0 Å². The molecule has 0 radical (unpaired) electrons. The van der Waals surface area contributed by atoms with Crippen LogP contribution in [0, 0.1) is 6.92 Å². The van der Waals surface area contributed by atoms with E-state index in [-0.39, 0.29) is 15.8 Å². The SMILES string of the molecule is Cc1ccc(C(C)N(C)S(=O)(=O)c2ccc(S(=O)(=O)N3CCCC3)cc2)cc1. The average molecular weight is 423 g/mol. The van der Waals surface area contributed by atoms with Crippen molar-refractivity contribution in [3.05, 3.63) is 59.7 Å². The Morgan fingerprint density at radius 1 is 0.857 bits per heavy atom. The number of hydrogen-bond donors (Lipinski definition) is 0. The van der Waals surface area contributed by atoms with Crippen LogP contribution in [0.15, 0.2) is 58.3 Å². The van der Waals surface area contributed by atoms with Crippen molar-refractivity contribution in [3.63, 3.8) is 0 Å². The first-order valence-electron chi connectivity index (χ1n) is 9.29. The molecule has 1 saturated heterocycles. The first-order chi connectivity index (χ1) is 13.1. The van der Waals surface area contributed by atoms with Crippen LogP contribution in [0.2, 0.25) is 0 Å². The van der Waals surface area contributed by atoms with Crippen molar-refractivity contribution in [2.45, 2.75) is 42.5 Å². The van der Waals surface area contributed by atoms with Gasteiger partial charge >= 0.3 is 0 Å². The number of benzene rings is 2. The van der Waals surface area contributed by atoms with E-state index < -0.39 is 20.0 Å². The molecule has 1 heterocycles.